The third kappa shape index (κ3) is 2.47. The summed E-state index contributed by atoms with van der Waals surface area (Å²) >= 11 is 0. The number of fused-ring (bicyclic) bond motifs is 1. The van der Waals surface area contributed by atoms with Gasteiger partial charge in [-0.25, -0.2) is 0 Å². The van der Waals surface area contributed by atoms with Crippen LogP contribution in [0, 0.1) is 0 Å². The summed E-state index contributed by atoms with van der Waals surface area (Å²) in [5.41, 5.74) is 5.48. The quantitative estimate of drug-likeness (QED) is 0.732. The first-order valence-electron chi connectivity index (χ1n) is 5.56. The van der Waals surface area contributed by atoms with E-state index in [9.17, 15) is 15.0 Å². The normalized spacial score (nSPS) is 14.3. The molecule has 5 heteroatoms. The molecule has 0 saturated heterocycles. The molecule has 0 spiro atoms. The van der Waals surface area contributed by atoms with Crippen LogP contribution in [0.5, 0.6) is 0 Å². The van der Waals surface area contributed by atoms with E-state index in [0.717, 1.165) is 10.8 Å². The average Bonchev–Trinajstić information content (AvgIpc) is 2.36. The number of hydrogen-bond acceptors (Lipinski definition) is 4. The van der Waals surface area contributed by atoms with Crippen molar-refractivity contribution in [1.29, 1.82) is 0 Å². The number of nitrogens with two attached hydrogens (primary N) is 1. The fourth-order valence-electron chi connectivity index (χ4n) is 1.90. The van der Waals surface area contributed by atoms with Gasteiger partial charge in [-0.3, -0.25) is 9.78 Å². The molecule has 1 heterocycles. The van der Waals surface area contributed by atoms with Gasteiger partial charge in [-0.1, -0.05) is 24.3 Å². The number of primary amides is 1. The maximum Gasteiger partial charge on any atom is 0.220 e. The van der Waals surface area contributed by atoms with Crippen molar-refractivity contribution in [3.8, 4) is 0 Å². The van der Waals surface area contributed by atoms with Gasteiger partial charge in [0.2, 0.25) is 5.91 Å². The van der Waals surface area contributed by atoms with Gasteiger partial charge in [0.1, 0.15) is 6.10 Å². The lowest BCUT2D eigenvalue weighted by atomic mass is 9.98. The smallest absolute Gasteiger partial charge is 0.220 e. The van der Waals surface area contributed by atoms with E-state index in [1.807, 2.05) is 24.3 Å². The predicted molar refractivity (Wildman–Crippen MR) is 66.5 cm³/mol. The molecule has 5 nitrogen and oxygen atoms in total. The van der Waals surface area contributed by atoms with Crippen molar-refractivity contribution in [2.75, 3.05) is 0 Å². The van der Waals surface area contributed by atoms with Crippen LogP contribution in [0.25, 0.3) is 10.8 Å². The zero-order chi connectivity index (χ0) is 13.1. The van der Waals surface area contributed by atoms with Crippen LogP contribution in [0.15, 0.2) is 36.7 Å². The lowest BCUT2D eigenvalue weighted by Crippen LogP contribution is -2.25. The minimum absolute atomic E-state index is 0.287. The van der Waals surface area contributed by atoms with Crippen molar-refractivity contribution in [2.24, 2.45) is 5.73 Å². The molecule has 1 aromatic carbocycles. The molecule has 0 fully saturated rings. The maximum atomic E-state index is 10.7. The van der Waals surface area contributed by atoms with Crippen molar-refractivity contribution in [1.82, 2.24) is 4.98 Å². The van der Waals surface area contributed by atoms with Crippen LogP contribution in [0.3, 0.4) is 0 Å². The number of benzene rings is 1. The Balaban J connectivity index is 2.38. The zero-order valence-electron chi connectivity index (χ0n) is 9.65. The lowest BCUT2D eigenvalue weighted by Gasteiger charge is -2.18. The molecule has 18 heavy (non-hydrogen) atoms. The molecular formula is C13H14N2O3. The Hall–Kier alpha value is -1.98. The van der Waals surface area contributed by atoms with Crippen molar-refractivity contribution < 1.29 is 15.0 Å². The molecule has 94 valence electrons. The molecule has 0 radical (unpaired) electrons. The summed E-state index contributed by atoms with van der Waals surface area (Å²) in [5, 5.41) is 21.4. The summed E-state index contributed by atoms with van der Waals surface area (Å²) in [5.74, 6) is -0.658. The van der Waals surface area contributed by atoms with Crippen molar-refractivity contribution in [3.05, 3.63) is 42.2 Å². The molecule has 1 amide bonds. The van der Waals surface area contributed by atoms with E-state index in [0.29, 0.717) is 5.56 Å². The van der Waals surface area contributed by atoms with E-state index in [1.54, 1.807) is 6.20 Å². The van der Waals surface area contributed by atoms with Gasteiger partial charge in [0.05, 0.1) is 12.5 Å². The van der Waals surface area contributed by atoms with Crippen LogP contribution in [-0.2, 0) is 4.79 Å². The van der Waals surface area contributed by atoms with Crippen LogP contribution in [0.4, 0.5) is 0 Å². The monoisotopic (exact) mass is 246 g/mol. The molecule has 0 aliphatic carbocycles. The first-order valence-corrected chi connectivity index (χ1v) is 5.56. The first-order chi connectivity index (χ1) is 8.59. The van der Waals surface area contributed by atoms with Gasteiger partial charge in [0.25, 0.3) is 0 Å². The molecular weight excluding hydrogens is 232 g/mol. The highest BCUT2D eigenvalue weighted by Crippen LogP contribution is 2.26. The fourth-order valence-corrected chi connectivity index (χ4v) is 1.90. The fraction of sp³-hybridized carbons (Fsp3) is 0.231. The number of nitrogens with zero attached hydrogens (tertiary/aromatic N) is 1. The molecule has 2 aromatic rings. The number of rotatable bonds is 4. The molecule has 4 N–H and O–H groups in total. The Bertz CT molecular complexity index is 566. The van der Waals surface area contributed by atoms with Crippen LogP contribution in [0.1, 0.15) is 18.1 Å². The second-order valence-corrected chi connectivity index (χ2v) is 4.13. The number of hydrogen-bond donors (Lipinski definition) is 3. The average molecular weight is 246 g/mol. The van der Waals surface area contributed by atoms with Crippen LogP contribution < -0.4 is 5.73 Å². The first kappa shape index (κ1) is 12.5. The lowest BCUT2D eigenvalue weighted by molar-refractivity contribution is -0.121. The van der Waals surface area contributed by atoms with E-state index in [2.05, 4.69) is 4.98 Å². The molecule has 0 aliphatic rings. The molecule has 1 aromatic heterocycles. The SMILES string of the molecule is NC(=O)CC(O)C(O)c1cncc2ccccc12. The molecule has 2 atom stereocenters. The zero-order valence-corrected chi connectivity index (χ0v) is 9.65. The maximum absolute atomic E-state index is 10.7. The summed E-state index contributed by atoms with van der Waals surface area (Å²) in [6.07, 6.45) is 0.458. The van der Waals surface area contributed by atoms with Gasteiger partial charge in [0, 0.05) is 23.3 Å². The Morgan fingerprint density at radius 1 is 1.28 bits per heavy atom. The van der Waals surface area contributed by atoms with Gasteiger partial charge in [-0.05, 0) is 5.39 Å². The van der Waals surface area contributed by atoms with Crippen LogP contribution >= 0.6 is 0 Å². The predicted octanol–water partition coefficient (Wildman–Crippen LogP) is 0.504. The number of pyridine rings is 1. The summed E-state index contributed by atoms with van der Waals surface area (Å²) in [6, 6.07) is 7.38. The molecule has 2 unspecified atom stereocenters. The van der Waals surface area contributed by atoms with Crippen LogP contribution in [-0.4, -0.2) is 27.2 Å². The van der Waals surface area contributed by atoms with E-state index in [1.165, 1.54) is 6.20 Å². The van der Waals surface area contributed by atoms with Crippen molar-refractivity contribution >= 4 is 16.7 Å². The van der Waals surface area contributed by atoms with E-state index in [-0.39, 0.29) is 6.42 Å². The second-order valence-electron chi connectivity index (χ2n) is 4.13. The van der Waals surface area contributed by atoms with Crippen molar-refractivity contribution in [2.45, 2.75) is 18.6 Å². The number of amides is 1. The molecule has 2 rings (SSSR count). The Morgan fingerprint density at radius 2 is 2.00 bits per heavy atom. The van der Waals surface area contributed by atoms with Gasteiger partial charge in [-0.2, -0.15) is 0 Å². The number of aliphatic hydroxyl groups excluding tert-OH is 2. The van der Waals surface area contributed by atoms with E-state index in [4.69, 9.17) is 5.73 Å². The van der Waals surface area contributed by atoms with E-state index >= 15 is 0 Å². The van der Waals surface area contributed by atoms with Crippen molar-refractivity contribution in [3.63, 3.8) is 0 Å². The second kappa shape index (κ2) is 5.12. The summed E-state index contributed by atoms with van der Waals surface area (Å²) in [4.78, 5) is 14.8. The number of aromatic nitrogens is 1. The highest BCUT2D eigenvalue weighted by molar-refractivity contribution is 5.85. The number of carbonyl (C=O) groups excluding carboxylic acids is 1. The van der Waals surface area contributed by atoms with E-state index < -0.39 is 18.1 Å². The van der Waals surface area contributed by atoms with Gasteiger partial charge < -0.3 is 15.9 Å². The molecule has 0 saturated carbocycles. The Labute approximate surface area is 104 Å². The minimum atomic E-state index is -1.23. The topological polar surface area (TPSA) is 96.4 Å². The third-order valence-corrected chi connectivity index (χ3v) is 2.79. The standard InChI is InChI=1S/C13H14N2O3/c14-12(17)5-11(16)13(18)10-7-15-6-8-3-1-2-4-9(8)10/h1-4,6-7,11,13,16,18H,5H2,(H2,14,17). The molecule has 0 bridgehead atoms. The number of carbonyl (C=O) groups is 1. The summed E-state index contributed by atoms with van der Waals surface area (Å²) in [7, 11) is 0. The van der Waals surface area contributed by atoms with Gasteiger partial charge >= 0.3 is 0 Å². The van der Waals surface area contributed by atoms with Crippen LogP contribution in [0.2, 0.25) is 0 Å². The summed E-state index contributed by atoms with van der Waals surface area (Å²) in [6.45, 7) is 0. The number of aliphatic hydroxyl groups is 2. The Kier molecular flexibility index (Phi) is 3.55. The molecule has 0 aliphatic heterocycles. The summed E-state index contributed by atoms with van der Waals surface area (Å²) < 4.78 is 0. The highest BCUT2D eigenvalue weighted by atomic mass is 16.3. The van der Waals surface area contributed by atoms with Gasteiger partial charge in [0.15, 0.2) is 0 Å². The Morgan fingerprint density at radius 3 is 2.72 bits per heavy atom. The van der Waals surface area contributed by atoms with Gasteiger partial charge in [-0.15, -0.1) is 0 Å². The largest absolute Gasteiger partial charge is 0.390 e. The highest BCUT2D eigenvalue weighted by Gasteiger charge is 2.22. The third-order valence-electron chi connectivity index (χ3n) is 2.79. The minimum Gasteiger partial charge on any atom is -0.390 e.